The van der Waals surface area contributed by atoms with E-state index in [2.05, 4.69) is 11.4 Å². The zero-order chi connectivity index (χ0) is 12.1. The summed E-state index contributed by atoms with van der Waals surface area (Å²) >= 11 is 5.78. The Balaban J connectivity index is 1.95. The molecule has 0 unspecified atom stereocenters. The SMILES string of the molecule is O=C(NCc1ccc(Cl)cc1)c1c[c]ccc1. The molecule has 1 amide bonds. The van der Waals surface area contributed by atoms with Gasteiger partial charge in [-0.1, -0.05) is 35.9 Å². The molecule has 0 aliphatic heterocycles. The van der Waals surface area contributed by atoms with Crippen molar-refractivity contribution in [2.75, 3.05) is 0 Å². The lowest BCUT2D eigenvalue weighted by atomic mass is 10.2. The molecule has 0 saturated carbocycles. The van der Waals surface area contributed by atoms with Crippen LogP contribution in [-0.4, -0.2) is 5.91 Å². The monoisotopic (exact) mass is 244 g/mol. The van der Waals surface area contributed by atoms with Crippen molar-refractivity contribution in [3.8, 4) is 0 Å². The molecular formula is C14H11ClNO. The molecule has 2 rings (SSSR count). The van der Waals surface area contributed by atoms with Crippen LogP contribution in [0.5, 0.6) is 0 Å². The van der Waals surface area contributed by atoms with Gasteiger partial charge in [-0.05, 0) is 35.9 Å². The van der Waals surface area contributed by atoms with Crippen LogP contribution < -0.4 is 5.32 Å². The topological polar surface area (TPSA) is 29.1 Å². The van der Waals surface area contributed by atoms with Crippen molar-refractivity contribution < 1.29 is 4.79 Å². The van der Waals surface area contributed by atoms with Crippen LogP contribution in [0.25, 0.3) is 0 Å². The third-order valence-electron chi connectivity index (χ3n) is 2.34. The highest BCUT2D eigenvalue weighted by Crippen LogP contribution is 2.09. The zero-order valence-electron chi connectivity index (χ0n) is 9.11. The van der Waals surface area contributed by atoms with Gasteiger partial charge in [-0.2, -0.15) is 0 Å². The summed E-state index contributed by atoms with van der Waals surface area (Å²) in [6.07, 6.45) is 0. The first-order valence-corrected chi connectivity index (χ1v) is 5.62. The Morgan fingerprint density at radius 2 is 2.00 bits per heavy atom. The Morgan fingerprint density at radius 3 is 2.65 bits per heavy atom. The lowest BCUT2D eigenvalue weighted by Crippen LogP contribution is -2.22. The van der Waals surface area contributed by atoms with Gasteiger partial charge in [0.15, 0.2) is 0 Å². The normalized spacial score (nSPS) is 9.94. The minimum atomic E-state index is -0.100. The molecule has 0 spiro atoms. The summed E-state index contributed by atoms with van der Waals surface area (Å²) in [4.78, 5) is 11.7. The second kappa shape index (κ2) is 5.51. The second-order valence-electron chi connectivity index (χ2n) is 3.60. The summed E-state index contributed by atoms with van der Waals surface area (Å²) in [5.41, 5.74) is 1.63. The average molecular weight is 245 g/mol. The summed E-state index contributed by atoms with van der Waals surface area (Å²) in [7, 11) is 0. The number of carbonyl (C=O) groups is 1. The zero-order valence-corrected chi connectivity index (χ0v) is 9.87. The molecule has 0 aliphatic rings. The lowest BCUT2D eigenvalue weighted by molar-refractivity contribution is 0.0951. The molecule has 0 fully saturated rings. The van der Waals surface area contributed by atoms with E-state index in [1.165, 1.54) is 0 Å². The van der Waals surface area contributed by atoms with E-state index in [4.69, 9.17) is 11.6 Å². The van der Waals surface area contributed by atoms with E-state index in [1.54, 1.807) is 36.4 Å². The molecule has 2 nitrogen and oxygen atoms in total. The summed E-state index contributed by atoms with van der Waals surface area (Å²) in [6, 6.07) is 17.2. The van der Waals surface area contributed by atoms with Gasteiger partial charge in [-0.15, -0.1) is 0 Å². The van der Waals surface area contributed by atoms with E-state index in [-0.39, 0.29) is 5.91 Å². The third kappa shape index (κ3) is 3.33. The molecule has 85 valence electrons. The fraction of sp³-hybridized carbons (Fsp3) is 0.0714. The number of benzene rings is 2. The van der Waals surface area contributed by atoms with Gasteiger partial charge in [0.1, 0.15) is 0 Å². The Morgan fingerprint density at radius 1 is 1.24 bits per heavy atom. The first kappa shape index (κ1) is 11.7. The van der Waals surface area contributed by atoms with Gasteiger partial charge in [-0.3, -0.25) is 4.79 Å². The fourth-order valence-corrected chi connectivity index (χ4v) is 1.55. The van der Waals surface area contributed by atoms with Crippen molar-refractivity contribution in [1.29, 1.82) is 0 Å². The Bertz CT molecular complexity index is 493. The van der Waals surface area contributed by atoms with Crippen LogP contribution in [0.15, 0.2) is 48.5 Å². The quantitative estimate of drug-likeness (QED) is 0.883. The van der Waals surface area contributed by atoms with Gasteiger partial charge < -0.3 is 5.32 Å². The predicted molar refractivity (Wildman–Crippen MR) is 67.9 cm³/mol. The van der Waals surface area contributed by atoms with E-state index in [0.717, 1.165) is 5.56 Å². The summed E-state index contributed by atoms with van der Waals surface area (Å²) in [5.74, 6) is -0.100. The largest absolute Gasteiger partial charge is 0.348 e. The summed E-state index contributed by atoms with van der Waals surface area (Å²) in [6.45, 7) is 0.491. The van der Waals surface area contributed by atoms with Gasteiger partial charge in [0.25, 0.3) is 5.91 Å². The van der Waals surface area contributed by atoms with E-state index < -0.39 is 0 Å². The fourth-order valence-electron chi connectivity index (χ4n) is 1.42. The molecule has 0 aromatic heterocycles. The van der Waals surface area contributed by atoms with Crippen LogP contribution in [0.4, 0.5) is 0 Å². The van der Waals surface area contributed by atoms with Crippen LogP contribution >= 0.6 is 11.6 Å². The molecule has 17 heavy (non-hydrogen) atoms. The number of amides is 1. The first-order chi connectivity index (χ1) is 8.25. The molecule has 0 heterocycles. The standard InChI is InChI=1S/C14H11ClNO/c15-13-8-6-11(7-9-13)10-16-14(17)12-4-2-1-3-5-12/h1-2,4-9H,10H2,(H,16,17). The number of rotatable bonds is 3. The smallest absolute Gasteiger partial charge is 0.251 e. The van der Waals surface area contributed by atoms with Crippen molar-refractivity contribution in [3.63, 3.8) is 0 Å². The minimum Gasteiger partial charge on any atom is -0.348 e. The van der Waals surface area contributed by atoms with Gasteiger partial charge in [0.2, 0.25) is 0 Å². The highest BCUT2D eigenvalue weighted by atomic mass is 35.5. The van der Waals surface area contributed by atoms with Gasteiger partial charge >= 0.3 is 0 Å². The van der Waals surface area contributed by atoms with Crippen molar-refractivity contribution in [2.24, 2.45) is 0 Å². The van der Waals surface area contributed by atoms with E-state index in [9.17, 15) is 4.79 Å². The van der Waals surface area contributed by atoms with Crippen LogP contribution in [0.2, 0.25) is 5.02 Å². The molecule has 0 bridgehead atoms. The third-order valence-corrected chi connectivity index (χ3v) is 2.59. The van der Waals surface area contributed by atoms with Gasteiger partial charge in [0.05, 0.1) is 0 Å². The molecule has 2 aromatic carbocycles. The molecule has 2 aromatic rings. The van der Waals surface area contributed by atoms with Crippen molar-refractivity contribution >= 4 is 17.5 Å². The van der Waals surface area contributed by atoms with E-state index in [1.807, 2.05) is 12.1 Å². The van der Waals surface area contributed by atoms with E-state index in [0.29, 0.717) is 17.1 Å². The molecule has 0 saturated heterocycles. The highest BCUT2D eigenvalue weighted by molar-refractivity contribution is 6.30. The molecule has 1 N–H and O–H groups in total. The van der Waals surface area contributed by atoms with Gasteiger partial charge in [-0.25, -0.2) is 0 Å². The molecule has 1 radical (unpaired) electrons. The number of hydrogen-bond acceptors (Lipinski definition) is 1. The number of nitrogens with one attached hydrogen (secondary N) is 1. The number of carbonyl (C=O) groups excluding carboxylic acids is 1. The summed E-state index contributed by atoms with van der Waals surface area (Å²) < 4.78 is 0. The summed E-state index contributed by atoms with van der Waals surface area (Å²) in [5, 5.41) is 3.53. The maximum Gasteiger partial charge on any atom is 0.251 e. The maximum absolute atomic E-state index is 11.7. The van der Waals surface area contributed by atoms with Crippen LogP contribution in [-0.2, 0) is 6.54 Å². The number of halogens is 1. The Kier molecular flexibility index (Phi) is 3.78. The molecule has 3 heteroatoms. The van der Waals surface area contributed by atoms with Crippen molar-refractivity contribution in [3.05, 3.63) is 70.7 Å². The molecular weight excluding hydrogens is 234 g/mol. The maximum atomic E-state index is 11.7. The molecule has 0 atom stereocenters. The van der Waals surface area contributed by atoms with Crippen molar-refractivity contribution in [1.82, 2.24) is 5.32 Å². The first-order valence-electron chi connectivity index (χ1n) is 5.24. The van der Waals surface area contributed by atoms with Crippen molar-refractivity contribution in [2.45, 2.75) is 6.54 Å². The minimum absolute atomic E-state index is 0.100. The molecule has 0 aliphatic carbocycles. The number of hydrogen-bond donors (Lipinski definition) is 1. The second-order valence-corrected chi connectivity index (χ2v) is 4.04. The Labute approximate surface area is 105 Å². The van der Waals surface area contributed by atoms with Crippen LogP contribution in [0.3, 0.4) is 0 Å². The average Bonchev–Trinajstić information content (AvgIpc) is 2.39. The van der Waals surface area contributed by atoms with Crippen LogP contribution in [0, 0.1) is 6.07 Å². The van der Waals surface area contributed by atoms with Gasteiger partial charge in [0, 0.05) is 17.1 Å². The predicted octanol–water partition coefficient (Wildman–Crippen LogP) is 3.07. The Hall–Kier alpha value is -1.80. The van der Waals surface area contributed by atoms with E-state index >= 15 is 0 Å². The lowest BCUT2D eigenvalue weighted by Gasteiger charge is -2.05. The highest BCUT2D eigenvalue weighted by Gasteiger charge is 2.03. The van der Waals surface area contributed by atoms with Crippen LogP contribution in [0.1, 0.15) is 15.9 Å².